The summed E-state index contributed by atoms with van der Waals surface area (Å²) in [4.78, 5) is 23.4. The fraction of sp³-hybridized carbons (Fsp3) is 0.0833. The molecule has 0 saturated carbocycles. The SMILES string of the molecule is CN(Cc1ccccn1)C(=O)c1ccc2onc(-c3coc(-c4ccccc4)n3)c2c1. The third kappa shape index (κ3) is 3.69. The van der Waals surface area contributed by atoms with E-state index in [9.17, 15) is 4.79 Å². The fourth-order valence-corrected chi connectivity index (χ4v) is 3.38. The predicted octanol–water partition coefficient (Wildman–Crippen LogP) is 4.82. The van der Waals surface area contributed by atoms with Crippen LogP contribution in [0.2, 0.25) is 0 Å². The Morgan fingerprint density at radius 2 is 1.87 bits per heavy atom. The maximum atomic E-state index is 13.0. The van der Waals surface area contributed by atoms with Crippen LogP contribution in [0.5, 0.6) is 0 Å². The summed E-state index contributed by atoms with van der Waals surface area (Å²) in [5.41, 5.74) is 3.87. The predicted molar refractivity (Wildman–Crippen MR) is 115 cm³/mol. The molecule has 0 bridgehead atoms. The summed E-state index contributed by atoms with van der Waals surface area (Å²) in [5.74, 6) is 0.374. The molecule has 5 aromatic rings. The van der Waals surface area contributed by atoms with Gasteiger partial charge in [0.05, 0.1) is 17.6 Å². The second-order valence-electron chi connectivity index (χ2n) is 7.13. The average Bonchev–Trinajstić information content (AvgIpc) is 3.46. The van der Waals surface area contributed by atoms with Gasteiger partial charge in [-0.15, -0.1) is 0 Å². The molecule has 0 saturated heterocycles. The monoisotopic (exact) mass is 410 g/mol. The number of carbonyl (C=O) groups excluding carboxylic acids is 1. The molecule has 2 aromatic carbocycles. The number of rotatable bonds is 5. The van der Waals surface area contributed by atoms with Gasteiger partial charge in [0, 0.05) is 24.4 Å². The van der Waals surface area contributed by atoms with Gasteiger partial charge in [-0.25, -0.2) is 4.98 Å². The molecular weight excluding hydrogens is 392 g/mol. The van der Waals surface area contributed by atoms with Gasteiger partial charge in [-0.05, 0) is 42.5 Å². The van der Waals surface area contributed by atoms with Gasteiger partial charge in [0.25, 0.3) is 5.91 Å². The number of aromatic nitrogens is 3. The summed E-state index contributed by atoms with van der Waals surface area (Å²) < 4.78 is 11.1. The highest BCUT2D eigenvalue weighted by atomic mass is 16.5. The lowest BCUT2D eigenvalue weighted by atomic mass is 10.1. The van der Waals surface area contributed by atoms with Crippen LogP contribution < -0.4 is 0 Å². The largest absolute Gasteiger partial charge is 0.444 e. The van der Waals surface area contributed by atoms with Crippen LogP contribution in [0.15, 0.2) is 88.1 Å². The number of benzene rings is 2. The Hall–Kier alpha value is -4.26. The molecule has 0 fully saturated rings. The zero-order chi connectivity index (χ0) is 21.2. The van der Waals surface area contributed by atoms with Gasteiger partial charge in [-0.2, -0.15) is 0 Å². The van der Waals surface area contributed by atoms with Crippen LogP contribution in [0, 0.1) is 0 Å². The van der Waals surface area contributed by atoms with Gasteiger partial charge < -0.3 is 13.8 Å². The second kappa shape index (κ2) is 7.87. The fourth-order valence-electron chi connectivity index (χ4n) is 3.38. The molecule has 0 aliphatic rings. The molecule has 3 aromatic heterocycles. The van der Waals surface area contributed by atoms with E-state index < -0.39 is 0 Å². The van der Waals surface area contributed by atoms with Crippen LogP contribution in [0.1, 0.15) is 16.1 Å². The molecule has 7 nitrogen and oxygen atoms in total. The lowest BCUT2D eigenvalue weighted by molar-refractivity contribution is 0.0783. The Bertz CT molecular complexity index is 1340. The van der Waals surface area contributed by atoms with Crippen molar-refractivity contribution in [2.24, 2.45) is 0 Å². The molecule has 0 spiro atoms. The van der Waals surface area contributed by atoms with E-state index in [0.717, 1.165) is 11.3 Å². The van der Waals surface area contributed by atoms with Crippen molar-refractivity contribution in [2.75, 3.05) is 7.05 Å². The van der Waals surface area contributed by atoms with Crippen molar-refractivity contribution in [1.29, 1.82) is 0 Å². The minimum absolute atomic E-state index is 0.121. The number of hydrogen-bond acceptors (Lipinski definition) is 6. The molecular formula is C24H18N4O3. The number of amides is 1. The highest BCUT2D eigenvalue weighted by Gasteiger charge is 2.19. The van der Waals surface area contributed by atoms with Crippen molar-refractivity contribution < 1.29 is 13.7 Å². The zero-order valence-corrected chi connectivity index (χ0v) is 16.7. The maximum absolute atomic E-state index is 13.0. The molecule has 7 heteroatoms. The van der Waals surface area contributed by atoms with Gasteiger partial charge in [0.15, 0.2) is 5.58 Å². The topological polar surface area (TPSA) is 85.3 Å². The Balaban J connectivity index is 1.45. The number of carbonyl (C=O) groups is 1. The van der Waals surface area contributed by atoms with Crippen LogP contribution in [0.3, 0.4) is 0 Å². The standard InChI is InChI=1S/C24H18N4O3/c1-28(14-18-9-5-6-12-25-18)24(29)17-10-11-21-19(13-17)22(27-31-21)20-15-30-23(26-20)16-7-3-2-4-8-16/h2-13,15H,14H2,1H3. The Morgan fingerprint density at radius 3 is 2.68 bits per heavy atom. The summed E-state index contributed by atoms with van der Waals surface area (Å²) in [6.45, 7) is 0.415. The first-order chi connectivity index (χ1) is 15.2. The van der Waals surface area contributed by atoms with Crippen molar-refractivity contribution in [3.63, 3.8) is 0 Å². The molecule has 1 amide bonds. The van der Waals surface area contributed by atoms with Crippen molar-refractivity contribution >= 4 is 16.9 Å². The highest BCUT2D eigenvalue weighted by molar-refractivity contribution is 6.00. The minimum atomic E-state index is -0.121. The van der Waals surface area contributed by atoms with E-state index in [2.05, 4.69) is 15.1 Å². The zero-order valence-electron chi connectivity index (χ0n) is 16.7. The third-order valence-corrected chi connectivity index (χ3v) is 4.96. The summed E-state index contributed by atoms with van der Waals surface area (Å²) in [6, 6.07) is 20.5. The number of nitrogens with zero attached hydrogens (tertiary/aromatic N) is 4. The number of hydrogen-bond donors (Lipinski definition) is 0. The van der Waals surface area contributed by atoms with Crippen LogP contribution in [-0.2, 0) is 6.54 Å². The molecule has 0 N–H and O–H groups in total. The van der Waals surface area contributed by atoms with E-state index in [4.69, 9.17) is 8.94 Å². The molecule has 0 radical (unpaired) electrons. The molecule has 0 atom stereocenters. The van der Waals surface area contributed by atoms with Gasteiger partial charge in [0.2, 0.25) is 5.89 Å². The van der Waals surface area contributed by atoms with E-state index in [-0.39, 0.29) is 5.91 Å². The molecule has 152 valence electrons. The van der Waals surface area contributed by atoms with Crippen LogP contribution in [0.4, 0.5) is 0 Å². The van der Waals surface area contributed by atoms with Gasteiger partial charge >= 0.3 is 0 Å². The van der Waals surface area contributed by atoms with E-state index in [1.54, 1.807) is 42.6 Å². The van der Waals surface area contributed by atoms with Crippen molar-refractivity contribution in [1.82, 2.24) is 20.0 Å². The maximum Gasteiger partial charge on any atom is 0.253 e. The Labute approximate surface area is 177 Å². The lowest BCUT2D eigenvalue weighted by Gasteiger charge is -2.16. The number of fused-ring (bicyclic) bond motifs is 1. The van der Waals surface area contributed by atoms with Crippen LogP contribution in [-0.4, -0.2) is 33.0 Å². The molecule has 5 rings (SSSR count). The third-order valence-electron chi connectivity index (χ3n) is 4.96. The first-order valence-electron chi connectivity index (χ1n) is 9.75. The molecule has 3 heterocycles. The first-order valence-corrected chi connectivity index (χ1v) is 9.75. The van der Waals surface area contributed by atoms with Gasteiger partial charge in [0.1, 0.15) is 17.7 Å². The number of oxazole rings is 1. The van der Waals surface area contributed by atoms with E-state index in [1.807, 2.05) is 48.5 Å². The van der Waals surface area contributed by atoms with Crippen molar-refractivity contribution in [3.05, 3.63) is 90.4 Å². The normalized spacial score (nSPS) is 11.0. The highest BCUT2D eigenvalue weighted by Crippen LogP contribution is 2.30. The quantitative estimate of drug-likeness (QED) is 0.413. The van der Waals surface area contributed by atoms with Crippen molar-refractivity contribution in [3.8, 4) is 22.8 Å². The van der Waals surface area contributed by atoms with Crippen molar-refractivity contribution in [2.45, 2.75) is 6.54 Å². The minimum Gasteiger partial charge on any atom is -0.444 e. The van der Waals surface area contributed by atoms with Gasteiger partial charge in [-0.1, -0.05) is 29.4 Å². The van der Waals surface area contributed by atoms with Crippen LogP contribution in [0.25, 0.3) is 33.8 Å². The smallest absolute Gasteiger partial charge is 0.253 e. The second-order valence-corrected chi connectivity index (χ2v) is 7.13. The van der Waals surface area contributed by atoms with E-state index in [1.165, 1.54) is 0 Å². The average molecular weight is 410 g/mol. The lowest BCUT2D eigenvalue weighted by Crippen LogP contribution is -2.26. The Kier molecular flexibility index (Phi) is 4.76. The Morgan fingerprint density at radius 1 is 1.03 bits per heavy atom. The summed E-state index contributed by atoms with van der Waals surface area (Å²) in [7, 11) is 1.75. The summed E-state index contributed by atoms with van der Waals surface area (Å²) in [5, 5.41) is 4.85. The van der Waals surface area contributed by atoms with Gasteiger partial charge in [-0.3, -0.25) is 9.78 Å². The summed E-state index contributed by atoms with van der Waals surface area (Å²) >= 11 is 0. The molecule has 31 heavy (non-hydrogen) atoms. The summed E-state index contributed by atoms with van der Waals surface area (Å²) in [6.07, 6.45) is 3.26. The first kappa shape index (κ1) is 18.7. The molecule has 0 aliphatic carbocycles. The molecule has 0 aliphatic heterocycles. The van der Waals surface area contributed by atoms with E-state index in [0.29, 0.717) is 40.4 Å². The number of pyridine rings is 1. The molecule has 0 unspecified atom stereocenters. The van der Waals surface area contributed by atoms with Crippen LogP contribution >= 0.6 is 0 Å². The van der Waals surface area contributed by atoms with E-state index >= 15 is 0 Å².